The third-order valence-electron chi connectivity index (χ3n) is 3.72. The number of rotatable bonds is 5. The number of benzene rings is 2. The molecule has 3 nitrogen and oxygen atoms in total. The summed E-state index contributed by atoms with van der Waals surface area (Å²) in [5.74, 6) is 0.996. The van der Waals surface area contributed by atoms with Gasteiger partial charge in [-0.3, -0.25) is 4.79 Å². The van der Waals surface area contributed by atoms with Gasteiger partial charge in [-0.25, -0.2) is 0 Å². The van der Waals surface area contributed by atoms with Gasteiger partial charge in [0, 0.05) is 29.4 Å². The summed E-state index contributed by atoms with van der Waals surface area (Å²) in [6.07, 6.45) is 3.02. The van der Waals surface area contributed by atoms with Gasteiger partial charge in [-0.05, 0) is 29.5 Å². The molecule has 0 saturated heterocycles. The van der Waals surface area contributed by atoms with Crippen LogP contribution in [0.15, 0.2) is 53.4 Å². The summed E-state index contributed by atoms with van der Waals surface area (Å²) in [7, 11) is 1.83. The van der Waals surface area contributed by atoms with Crippen molar-refractivity contribution in [3.63, 3.8) is 0 Å². The molecule has 0 unspecified atom stereocenters. The number of nitrogens with one attached hydrogen (secondary N) is 1. The molecule has 1 N–H and O–H groups in total. The number of fused-ring (bicyclic) bond motifs is 1. The number of thioether (sulfide) groups is 1. The van der Waals surface area contributed by atoms with Crippen LogP contribution in [0, 0.1) is 6.20 Å². The Kier molecular flexibility index (Phi) is 4.72. The Morgan fingerprint density at radius 2 is 2.00 bits per heavy atom. The van der Waals surface area contributed by atoms with E-state index >= 15 is 0 Å². The first-order valence-corrected chi connectivity index (χ1v) is 8.63. The fraction of sp³-hybridized carbons (Fsp3) is 0.211. The normalized spacial score (nSPS) is 10.9. The average Bonchev–Trinajstić information content (AvgIpc) is 2.98. The number of hydrogen-bond donors (Lipinski definition) is 1. The van der Waals surface area contributed by atoms with Crippen LogP contribution < -0.4 is 0 Å². The van der Waals surface area contributed by atoms with Crippen LogP contribution in [0.1, 0.15) is 22.8 Å². The lowest BCUT2D eigenvalue weighted by Gasteiger charge is -2.16. The van der Waals surface area contributed by atoms with Crippen molar-refractivity contribution in [3.05, 3.63) is 65.9 Å². The van der Waals surface area contributed by atoms with Crippen LogP contribution in [-0.4, -0.2) is 28.6 Å². The van der Waals surface area contributed by atoms with Crippen LogP contribution in [0.2, 0.25) is 0 Å². The maximum absolute atomic E-state index is 12.8. The summed E-state index contributed by atoms with van der Waals surface area (Å²) in [6, 6.07) is 16.2. The zero-order valence-corrected chi connectivity index (χ0v) is 14.1. The molecule has 0 aliphatic carbocycles. The summed E-state index contributed by atoms with van der Waals surface area (Å²) in [6.45, 7) is 2.71. The van der Waals surface area contributed by atoms with Crippen LogP contribution in [0.4, 0.5) is 0 Å². The molecule has 117 valence electrons. The second kappa shape index (κ2) is 6.92. The molecule has 2 aromatic carbocycles. The monoisotopic (exact) mass is 323 g/mol. The van der Waals surface area contributed by atoms with E-state index in [9.17, 15) is 4.79 Å². The van der Waals surface area contributed by atoms with E-state index in [0.717, 1.165) is 22.2 Å². The standard InChI is InChI=1S/C19H19N2OS/c1-3-23-15-9-10-18-16(11-15)17(12-20-18)19(22)21(2)13-14-7-5-4-6-8-14/h4-11,20H,3,13H2,1-2H3. The molecule has 1 radical (unpaired) electrons. The summed E-state index contributed by atoms with van der Waals surface area (Å²) in [5, 5.41) is 0.938. The molecule has 23 heavy (non-hydrogen) atoms. The zero-order chi connectivity index (χ0) is 16.2. The predicted octanol–water partition coefficient (Wildman–Crippen LogP) is 4.35. The van der Waals surface area contributed by atoms with Gasteiger partial charge in [-0.2, -0.15) is 0 Å². The Bertz CT molecular complexity index is 811. The molecule has 4 heteroatoms. The highest BCUT2D eigenvalue weighted by Crippen LogP contribution is 2.26. The molecule has 0 aliphatic rings. The van der Waals surface area contributed by atoms with Gasteiger partial charge in [-0.15, -0.1) is 11.8 Å². The molecular weight excluding hydrogens is 304 g/mol. The predicted molar refractivity (Wildman–Crippen MR) is 95.8 cm³/mol. The van der Waals surface area contributed by atoms with Gasteiger partial charge in [-0.1, -0.05) is 37.3 Å². The lowest BCUT2D eigenvalue weighted by molar-refractivity contribution is 0.0787. The average molecular weight is 323 g/mol. The van der Waals surface area contributed by atoms with E-state index in [-0.39, 0.29) is 5.91 Å². The van der Waals surface area contributed by atoms with Crippen molar-refractivity contribution >= 4 is 28.6 Å². The number of nitrogens with zero attached hydrogens (tertiary/aromatic N) is 1. The SMILES string of the molecule is CCSc1ccc2[nH][c]c(C(=O)N(C)Cc3ccccc3)c2c1. The van der Waals surface area contributed by atoms with E-state index in [2.05, 4.69) is 30.2 Å². The fourth-order valence-electron chi connectivity index (χ4n) is 2.58. The highest BCUT2D eigenvalue weighted by atomic mass is 32.2. The largest absolute Gasteiger partial charge is 0.353 e. The van der Waals surface area contributed by atoms with Gasteiger partial charge < -0.3 is 9.88 Å². The quantitative estimate of drug-likeness (QED) is 0.709. The van der Waals surface area contributed by atoms with Crippen LogP contribution in [0.3, 0.4) is 0 Å². The van der Waals surface area contributed by atoms with E-state index in [1.165, 1.54) is 4.90 Å². The Balaban J connectivity index is 1.86. The van der Waals surface area contributed by atoms with E-state index < -0.39 is 0 Å². The van der Waals surface area contributed by atoms with Crippen LogP contribution in [0.5, 0.6) is 0 Å². The number of carbonyl (C=O) groups excluding carboxylic acids is 1. The van der Waals surface area contributed by atoms with Crippen molar-refractivity contribution < 1.29 is 4.79 Å². The zero-order valence-electron chi connectivity index (χ0n) is 13.3. The van der Waals surface area contributed by atoms with Gasteiger partial charge in [0.15, 0.2) is 0 Å². The minimum Gasteiger partial charge on any atom is -0.353 e. The highest BCUT2D eigenvalue weighted by molar-refractivity contribution is 7.99. The Morgan fingerprint density at radius 1 is 1.22 bits per heavy atom. The summed E-state index contributed by atoms with van der Waals surface area (Å²) >= 11 is 1.77. The number of amides is 1. The molecule has 0 aliphatic heterocycles. The van der Waals surface area contributed by atoms with Crippen molar-refractivity contribution in [1.29, 1.82) is 0 Å². The van der Waals surface area contributed by atoms with E-state index in [1.54, 1.807) is 16.7 Å². The molecule has 3 aromatic rings. The van der Waals surface area contributed by atoms with E-state index in [4.69, 9.17) is 0 Å². The summed E-state index contributed by atoms with van der Waals surface area (Å²) in [4.78, 5) is 18.7. The first kappa shape index (κ1) is 15.7. The van der Waals surface area contributed by atoms with Gasteiger partial charge >= 0.3 is 0 Å². The molecule has 3 rings (SSSR count). The Morgan fingerprint density at radius 3 is 2.74 bits per heavy atom. The number of aromatic amines is 1. The second-order valence-corrected chi connectivity index (χ2v) is 6.75. The first-order valence-electron chi connectivity index (χ1n) is 7.64. The number of carbonyl (C=O) groups is 1. The maximum atomic E-state index is 12.8. The van der Waals surface area contributed by atoms with Crippen LogP contribution in [-0.2, 0) is 6.54 Å². The maximum Gasteiger partial charge on any atom is 0.256 e. The smallest absolute Gasteiger partial charge is 0.256 e. The van der Waals surface area contributed by atoms with Gasteiger partial charge in [0.05, 0.1) is 11.8 Å². The fourth-order valence-corrected chi connectivity index (χ4v) is 3.28. The molecule has 0 atom stereocenters. The molecule has 1 aromatic heterocycles. The Labute approximate surface area is 140 Å². The number of aromatic nitrogens is 1. The van der Waals surface area contributed by atoms with Crippen molar-refractivity contribution in [2.45, 2.75) is 18.4 Å². The lowest BCUT2D eigenvalue weighted by atomic mass is 10.1. The number of H-pyrrole nitrogens is 1. The van der Waals surface area contributed by atoms with Crippen molar-refractivity contribution in [2.75, 3.05) is 12.8 Å². The van der Waals surface area contributed by atoms with E-state index in [0.29, 0.717) is 12.1 Å². The molecule has 1 amide bonds. The lowest BCUT2D eigenvalue weighted by Crippen LogP contribution is -2.26. The molecular formula is C19H19N2OS. The first-order chi connectivity index (χ1) is 11.2. The van der Waals surface area contributed by atoms with Crippen molar-refractivity contribution in [1.82, 2.24) is 9.88 Å². The second-order valence-electron chi connectivity index (χ2n) is 5.41. The Hall–Kier alpha value is -2.20. The summed E-state index contributed by atoms with van der Waals surface area (Å²) < 4.78 is 0. The van der Waals surface area contributed by atoms with E-state index in [1.807, 2.05) is 43.4 Å². The molecule has 0 fully saturated rings. The van der Waals surface area contributed by atoms with Gasteiger partial charge in [0.1, 0.15) is 0 Å². The number of hydrogen-bond acceptors (Lipinski definition) is 2. The topological polar surface area (TPSA) is 36.1 Å². The van der Waals surface area contributed by atoms with Crippen molar-refractivity contribution in [3.8, 4) is 0 Å². The molecule has 1 heterocycles. The van der Waals surface area contributed by atoms with Gasteiger partial charge in [0.25, 0.3) is 5.91 Å². The summed E-state index contributed by atoms with van der Waals surface area (Å²) in [5.41, 5.74) is 2.67. The van der Waals surface area contributed by atoms with Crippen LogP contribution >= 0.6 is 11.8 Å². The third kappa shape index (κ3) is 3.42. The molecule has 0 spiro atoms. The molecule has 0 saturated carbocycles. The molecule has 0 bridgehead atoms. The van der Waals surface area contributed by atoms with Gasteiger partial charge in [0.2, 0.25) is 0 Å². The minimum atomic E-state index is -0.0150. The minimum absolute atomic E-state index is 0.0150. The third-order valence-corrected chi connectivity index (χ3v) is 4.59. The van der Waals surface area contributed by atoms with Crippen LogP contribution in [0.25, 0.3) is 10.9 Å². The highest BCUT2D eigenvalue weighted by Gasteiger charge is 2.17. The van der Waals surface area contributed by atoms with Crippen molar-refractivity contribution in [2.24, 2.45) is 0 Å².